The number of esters is 1. The molecule has 0 aliphatic carbocycles. The van der Waals surface area contributed by atoms with Gasteiger partial charge in [0.25, 0.3) is 5.91 Å². The van der Waals surface area contributed by atoms with Crippen LogP contribution in [0.15, 0.2) is 78.9 Å². The van der Waals surface area contributed by atoms with Crippen molar-refractivity contribution in [2.24, 2.45) is 0 Å². The fourth-order valence-electron chi connectivity index (χ4n) is 4.30. The molecule has 5 rings (SSSR count). The van der Waals surface area contributed by atoms with Gasteiger partial charge in [0, 0.05) is 16.8 Å². The Balaban J connectivity index is 1.62. The molecule has 1 atom stereocenters. The monoisotopic (exact) mass is 453 g/mol. The first kappa shape index (κ1) is 21.5. The number of H-pyrrole nitrogens is 1. The van der Waals surface area contributed by atoms with Gasteiger partial charge in [-0.1, -0.05) is 42.5 Å². The van der Waals surface area contributed by atoms with Gasteiger partial charge in [0.1, 0.15) is 11.4 Å². The molecule has 1 amide bonds. The molecule has 7 heteroatoms. The third-order valence-corrected chi connectivity index (χ3v) is 5.90. The topological polar surface area (TPSA) is 84.5 Å². The maximum atomic E-state index is 13.6. The minimum absolute atomic E-state index is 0.186. The van der Waals surface area contributed by atoms with Crippen molar-refractivity contribution in [3.8, 4) is 17.0 Å². The van der Waals surface area contributed by atoms with Crippen molar-refractivity contribution in [1.82, 2.24) is 10.2 Å². The summed E-state index contributed by atoms with van der Waals surface area (Å²) in [5.41, 5.74) is 4.94. The number of aromatic amines is 1. The molecule has 1 aliphatic rings. The van der Waals surface area contributed by atoms with Crippen LogP contribution in [-0.2, 0) is 4.74 Å². The SMILES string of the molecule is CCOC(=O)c1ccc(N2C(=O)c3[nH]nc(-c4ccccc4)c3C2c2ccc(OC)cc2)cc1. The molecule has 7 nitrogen and oxygen atoms in total. The van der Waals surface area contributed by atoms with Gasteiger partial charge >= 0.3 is 5.97 Å². The number of ether oxygens (including phenoxy) is 2. The number of amides is 1. The quantitative estimate of drug-likeness (QED) is 0.415. The first-order valence-electron chi connectivity index (χ1n) is 11.0. The normalized spacial score (nSPS) is 14.7. The van der Waals surface area contributed by atoms with E-state index in [-0.39, 0.29) is 5.91 Å². The Kier molecular flexibility index (Phi) is 5.59. The van der Waals surface area contributed by atoms with Crippen molar-refractivity contribution in [2.75, 3.05) is 18.6 Å². The van der Waals surface area contributed by atoms with Gasteiger partial charge in [-0.3, -0.25) is 14.8 Å². The van der Waals surface area contributed by atoms with Crippen LogP contribution in [0.25, 0.3) is 11.3 Å². The predicted octanol–water partition coefficient (Wildman–Crippen LogP) is 5.01. The average molecular weight is 453 g/mol. The molecule has 1 aromatic heterocycles. The second-order valence-corrected chi connectivity index (χ2v) is 7.85. The fraction of sp³-hybridized carbons (Fsp3) is 0.148. The number of benzene rings is 3. The fourth-order valence-corrected chi connectivity index (χ4v) is 4.30. The van der Waals surface area contributed by atoms with E-state index in [0.29, 0.717) is 23.6 Å². The number of aromatic nitrogens is 2. The maximum absolute atomic E-state index is 13.6. The molecule has 34 heavy (non-hydrogen) atoms. The molecule has 1 aliphatic heterocycles. The van der Waals surface area contributed by atoms with Crippen molar-refractivity contribution in [2.45, 2.75) is 13.0 Å². The molecule has 0 spiro atoms. The van der Waals surface area contributed by atoms with Crippen LogP contribution in [0.4, 0.5) is 5.69 Å². The van der Waals surface area contributed by atoms with Crippen LogP contribution in [0.1, 0.15) is 44.9 Å². The van der Waals surface area contributed by atoms with Crippen molar-refractivity contribution in [1.29, 1.82) is 0 Å². The molecule has 1 unspecified atom stereocenters. The molecular formula is C27H23N3O4. The highest BCUT2D eigenvalue weighted by molar-refractivity contribution is 6.12. The number of carbonyl (C=O) groups is 2. The van der Waals surface area contributed by atoms with E-state index >= 15 is 0 Å². The minimum Gasteiger partial charge on any atom is -0.497 e. The highest BCUT2D eigenvalue weighted by atomic mass is 16.5. The first-order valence-corrected chi connectivity index (χ1v) is 11.0. The van der Waals surface area contributed by atoms with Crippen molar-refractivity contribution in [3.05, 3.63) is 101 Å². The van der Waals surface area contributed by atoms with Gasteiger partial charge in [-0.25, -0.2) is 4.79 Å². The summed E-state index contributed by atoms with van der Waals surface area (Å²) in [7, 11) is 1.62. The molecule has 4 aromatic rings. The van der Waals surface area contributed by atoms with Crippen LogP contribution in [0, 0.1) is 0 Å². The molecule has 0 fully saturated rings. The lowest BCUT2D eigenvalue weighted by molar-refractivity contribution is 0.0526. The van der Waals surface area contributed by atoms with Gasteiger partial charge in [0.05, 0.1) is 31.0 Å². The van der Waals surface area contributed by atoms with Crippen LogP contribution < -0.4 is 9.64 Å². The lowest BCUT2D eigenvalue weighted by Gasteiger charge is -2.26. The number of anilines is 1. The van der Waals surface area contributed by atoms with Gasteiger partial charge in [-0.15, -0.1) is 0 Å². The number of nitrogens with one attached hydrogen (secondary N) is 1. The van der Waals surface area contributed by atoms with Crippen LogP contribution in [0.2, 0.25) is 0 Å². The number of hydrogen-bond donors (Lipinski definition) is 1. The Morgan fingerprint density at radius 3 is 2.35 bits per heavy atom. The average Bonchev–Trinajstić information content (AvgIpc) is 3.44. The van der Waals surface area contributed by atoms with Crippen molar-refractivity contribution in [3.63, 3.8) is 0 Å². The van der Waals surface area contributed by atoms with Crippen LogP contribution >= 0.6 is 0 Å². The first-order chi connectivity index (χ1) is 16.6. The zero-order chi connectivity index (χ0) is 23.7. The summed E-state index contributed by atoms with van der Waals surface area (Å²) < 4.78 is 10.4. The third kappa shape index (κ3) is 3.61. The molecule has 2 heterocycles. The second-order valence-electron chi connectivity index (χ2n) is 7.85. The zero-order valence-electron chi connectivity index (χ0n) is 18.8. The Morgan fingerprint density at radius 1 is 1.00 bits per heavy atom. The highest BCUT2D eigenvalue weighted by Crippen LogP contribution is 2.45. The Morgan fingerprint density at radius 2 is 1.71 bits per heavy atom. The summed E-state index contributed by atoms with van der Waals surface area (Å²) in [6, 6.07) is 23.9. The number of hydrogen-bond acceptors (Lipinski definition) is 5. The molecule has 3 aromatic carbocycles. The molecule has 0 bridgehead atoms. The molecule has 170 valence electrons. The molecular weight excluding hydrogens is 430 g/mol. The van der Waals surface area contributed by atoms with E-state index in [1.165, 1.54) is 0 Å². The van der Waals surface area contributed by atoms with Gasteiger partial charge < -0.3 is 9.47 Å². The Labute approximate surface area is 196 Å². The lowest BCUT2D eigenvalue weighted by Crippen LogP contribution is -2.29. The van der Waals surface area contributed by atoms with E-state index in [1.807, 2.05) is 54.6 Å². The van der Waals surface area contributed by atoms with Gasteiger partial charge in [0.2, 0.25) is 0 Å². The van der Waals surface area contributed by atoms with Crippen LogP contribution in [-0.4, -0.2) is 35.8 Å². The summed E-state index contributed by atoms with van der Waals surface area (Å²) in [6.45, 7) is 2.06. The van der Waals surface area contributed by atoms with Crippen molar-refractivity contribution < 1.29 is 19.1 Å². The number of methoxy groups -OCH3 is 1. The maximum Gasteiger partial charge on any atom is 0.338 e. The number of nitrogens with zero attached hydrogens (tertiary/aromatic N) is 2. The second kappa shape index (κ2) is 8.86. The third-order valence-electron chi connectivity index (χ3n) is 5.90. The lowest BCUT2D eigenvalue weighted by atomic mass is 9.95. The summed E-state index contributed by atoms with van der Waals surface area (Å²) >= 11 is 0. The summed E-state index contributed by atoms with van der Waals surface area (Å²) in [4.78, 5) is 27.4. The van der Waals surface area contributed by atoms with Crippen LogP contribution in [0.3, 0.4) is 0 Å². The predicted molar refractivity (Wildman–Crippen MR) is 128 cm³/mol. The van der Waals surface area contributed by atoms with Crippen LogP contribution in [0.5, 0.6) is 5.75 Å². The largest absolute Gasteiger partial charge is 0.497 e. The van der Waals surface area contributed by atoms with E-state index in [9.17, 15) is 9.59 Å². The zero-order valence-corrected chi connectivity index (χ0v) is 18.8. The summed E-state index contributed by atoms with van der Waals surface area (Å²) in [5.74, 6) is 0.151. The Hall–Kier alpha value is -4.39. The molecule has 0 radical (unpaired) electrons. The van der Waals surface area contributed by atoms with E-state index in [0.717, 1.165) is 28.1 Å². The summed E-state index contributed by atoms with van der Waals surface area (Å²) in [5, 5.41) is 7.46. The van der Waals surface area contributed by atoms with E-state index in [1.54, 1.807) is 43.2 Å². The van der Waals surface area contributed by atoms with Gasteiger partial charge in [0.15, 0.2) is 0 Å². The molecule has 0 saturated carbocycles. The minimum atomic E-state index is -0.407. The highest BCUT2D eigenvalue weighted by Gasteiger charge is 2.43. The number of carbonyl (C=O) groups excluding carboxylic acids is 2. The Bertz CT molecular complexity index is 1330. The van der Waals surface area contributed by atoms with Gasteiger partial charge in [-0.05, 0) is 48.9 Å². The number of rotatable bonds is 6. The molecule has 1 N–H and O–H groups in total. The van der Waals surface area contributed by atoms with Crippen molar-refractivity contribution >= 4 is 17.6 Å². The smallest absolute Gasteiger partial charge is 0.338 e. The summed E-state index contributed by atoms with van der Waals surface area (Å²) in [6.07, 6.45) is 0. The van der Waals surface area contributed by atoms with E-state index in [2.05, 4.69) is 10.2 Å². The van der Waals surface area contributed by atoms with E-state index in [4.69, 9.17) is 9.47 Å². The van der Waals surface area contributed by atoms with Gasteiger partial charge in [-0.2, -0.15) is 5.10 Å². The standard InChI is InChI=1S/C27H23N3O4/c1-3-34-27(32)19-9-13-20(14-10-19)30-25(18-11-15-21(33-2)16-12-18)22-23(17-7-5-4-6-8-17)28-29-24(22)26(30)31/h4-16,25H,3H2,1-2H3,(H,28,29). The van der Waals surface area contributed by atoms with E-state index < -0.39 is 12.0 Å². The molecule has 0 saturated heterocycles. The number of fused-ring (bicyclic) bond motifs is 1.